The lowest BCUT2D eigenvalue weighted by Crippen LogP contribution is -2.43. The quantitative estimate of drug-likeness (QED) is 0.805. The van der Waals surface area contributed by atoms with Crippen LogP contribution >= 0.6 is 0 Å². The van der Waals surface area contributed by atoms with Gasteiger partial charge in [-0.3, -0.25) is 14.4 Å². The summed E-state index contributed by atoms with van der Waals surface area (Å²) in [4.78, 5) is 36.1. The van der Waals surface area contributed by atoms with Gasteiger partial charge in [0, 0.05) is 32.5 Å². The van der Waals surface area contributed by atoms with Crippen molar-refractivity contribution in [1.82, 2.24) is 10.2 Å². The van der Waals surface area contributed by atoms with E-state index in [9.17, 15) is 14.4 Å². The molecule has 2 rings (SSSR count). The fraction of sp³-hybridized carbons (Fsp3) is 0.800. The second kappa shape index (κ2) is 6.91. The number of carboxylic acids is 1. The van der Waals surface area contributed by atoms with Gasteiger partial charge in [0.05, 0.1) is 5.92 Å². The summed E-state index contributed by atoms with van der Waals surface area (Å²) in [5, 5.41) is 11.8. The van der Waals surface area contributed by atoms with E-state index in [2.05, 4.69) is 5.32 Å². The first-order valence-electron chi connectivity index (χ1n) is 7.73. The fourth-order valence-electron chi connectivity index (χ4n) is 3.33. The number of nitrogens with one attached hydrogen (secondary N) is 1. The minimum atomic E-state index is -0.778. The van der Waals surface area contributed by atoms with Crippen LogP contribution in [0, 0.1) is 17.8 Å². The molecule has 1 saturated carbocycles. The highest BCUT2D eigenvalue weighted by molar-refractivity contribution is 5.81. The lowest BCUT2D eigenvalue weighted by Gasteiger charge is -2.33. The summed E-state index contributed by atoms with van der Waals surface area (Å²) in [6.45, 7) is 3.63. The molecule has 6 heteroatoms. The molecule has 0 aromatic rings. The monoisotopic (exact) mass is 296 g/mol. The third-order valence-corrected chi connectivity index (χ3v) is 4.70. The van der Waals surface area contributed by atoms with Gasteiger partial charge in [-0.05, 0) is 38.0 Å². The van der Waals surface area contributed by atoms with E-state index in [4.69, 9.17) is 5.11 Å². The third kappa shape index (κ3) is 4.19. The Bertz CT molecular complexity index is 416. The zero-order valence-electron chi connectivity index (χ0n) is 12.5. The molecule has 2 fully saturated rings. The summed E-state index contributed by atoms with van der Waals surface area (Å²) in [6, 6.07) is 0. The number of nitrogens with zero attached hydrogens (tertiary/aromatic N) is 1. The molecule has 2 amide bonds. The highest BCUT2D eigenvalue weighted by Gasteiger charge is 2.36. The topological polar surface area (TPSA) is 86.7 Å². The summed E-state index contributed by atoms with van der Waals surface area (Å²) >= 11 is 0. The second-order valence-electron chi connectivity index (χ2n) is 6.25. The normalized spacial score (nSPS) is 26.6. The predicted molar refractivity (Wildman–Crippen MR) is 76.5 cm³/mol. The molecule has 2 aliphatic rings. The predicted octanol–water partition coefficient (Wildman–Crippen LogP) is 0.862. The van der Waals surface area contributed by atoms with Crippen molar-refractivity contribution in [2.24, 2.45) is 17.8 Å². The van der Waals surface area contributed by atoms with Crippen LogP contribution < -0.4 is 5.32 Å². The Balaban J connectivity index is 1.76. The van der Waals surface area contributed by atoms with Crippen LogP contribution in [-0.2, 0) is 14.4 Å². The van der Waals surface area contributed by atoms with Gasteiger partial charge in [-0.1, -0.05) is 0 Å². The summed E-state index contributed by atoms with van der Waals surface area (Å²) in [5.41, 5.74) is 0. The molecule has 1 saturated heterocycles. The number of carboxylic acid groups (broad SMARTS) is 1. The maximum atomic E-state index is 12.4. The molecule has 0 spiro atoms. The van der Waals surface area contributed by atoms with Crippen molar-refractivity contribution in [3.8, 4) is 0 Å². The Hall–Kier alpha value is -1.59. The molecule has 1 aliphatic heterocycles. The van der Waals surface area contributed by atoms with Gasteiger partial charge in [-0.2, -0.15) is 0 Å². The van der Waals surface area contributed by atoms with Crippen molar-refractivity contribution in [2.45, 2.75) is 39.0 Å². The van der Waals surface area contributed by atoms with Gasteiger partial charge >= 0.3 is 5.97 Å². The van der Waals surface area contributed by atoms with Gasteiger partial charge in [-0.15, -0.1) is 0 Å². The molecule has 1 heterocycles. The Kier molecular flexibility index (Phi) is 5.20. The van der Waals surface area contributed by atoms with E-state index in [1.54, 1.807) is 0 Å². The molecule has 0 bridgehead atoms. The van der Waals surface area contributed by atoms with Crippen LogP contribution in [0.1, 0.15) is 39.0 Å². The van der Waals surface area contributed by atoms with Gasteiger partial charge in [-0.25, -0.2) is 0 Å². The van der Waals surface area contributed by atoms with E-state index >= 15 is 0 Å². The molecular formula is C15H24N2O4. The first kappa shape index (κ1) is 15.8. The van der Waals surface area contributed by atoms with E-state index in [1.807, 2.05) is 4.90 Å². The number of hydrogen-bond acceptors (Lipinski definition) is 3. The highest BCUT2D eigenvalue weighted by Crippen LogP contribution is 2.33. The Morgan fingerprint density at radius 1 is 1.10 bits per heavy atom. The van der Waals surface area contributed by atoms with Crippen LogP contribution in [0.25, 0.3) is 0 Å². The summed E-state index contributed by atoms with van der Waals surface area (Å²) in [7, 11) is 0. The van der Waals surface area contributed by atoms with Crippen LogP contribution in [0.2, 0.25) is 0 Å². The molecule has 21 heavy (non-hydrogen) atoms. The minimum Gasteiger partial charge on any atom is -0.481 e. The third-order valence-electron chi connectivity index (χ3n) is 4.70. The number of rotatable bonds is 4. The summed E-state index contributed by atoms with van der Waals surface area (Å²) in [6.07, 6.45) is 3.61. The lowest BCUT2D eigenvalue weighted by molar-refractivity contribution is -0.142. The van der Waals surface area contributed by atoms with Crippen LogP contribution in [0.4, 0.5) is 0 Å². The summed E-state index contributed by atoms with van der Waals surface area (Å²) in [5.74, 6) is -0.697. The van der Waals surface area contributed by atoms with Gasteiger partial charge in [0.15, 0.2) is 0 Å². The summed E-state index contributed by atoms with van der Waals surface area (Å²) < 4.78 is 0. The van der Waals surface area contributed by atoms with Crippen molar-refractivity contribution in [1.29, 1.82) is 0 Å². The Morgan fingerprint density at radius 3 is 2.24 bits per heavy atom. The molecule has 2 N–H and O–H groups in total. The minimum absolute atomic E-state index is 0.0147. The molecule has 0 unspecified atom stereocenters. The molecule has 1 aliphatic carbocycles. The lowest BCUT2D eigenvalue weighted by atomic mass is 9.95. The van der Waals surface area contributed by atoms with Gasteiger partial charge in [0.2, 0.25) is 11.8 Å². The zero-order valence-corrected chi connectivity index (χ0v) is 12.5. The average Bonchev–Trinajstić information content (AvgIpc) is 2.95. The zero-order chi connectivity index (χ0) is 15.4. The van der Waals surface area contributed by atoms with Gasteiger partial charge < -0.3 is 15.3 Å². The van der Waals surface area contributed by atoms with Crippen LogP contribution in [0.15, 0.2) is 0 Å². The van der Waals surface area contributed by atoms with Crippen molar-refractivity contribution >= 4 is 17.8 Å². The van der Waals surface area contributed by atoms with Crippen molar-refractivity contribution in [3.05, 3.63) is 0 Å². The molecular weight excluding hydrogens is 272 g/mol. The van der Waals surface area contributed by atoms with Crippen molar-refractivity contribution in [3.63, 3.8) is 0 Å². The first-order chi connectivity index (χ1) is 9.97. The Morgan fingerprint density at radius 2 is 1.71 bits per heavy atom. The van der Waals surface area contributed by atoms with E-state index in [-0.39, 0.29) is 23.7 Å². The number of hydrogen-bond donors (Lipinski definition) is 2. The smallest absolute Gasteiger partial charge is 0.306 e. The van der Waals surface area contributed by atoms with Crippen molar-refractivity contribution < 1.29 is 19.5 Å². The van der Waals surface area contributed by atoms with Gasteiger partial charge in [0.1, 0.15) is 0 Å². The number of likely N-dealkylation sites (tertiary alicyclic amines) is 1. The van der Waals surface area contributed by atoms with Gasteiger partial charge in [0.25, 0.3) is 0 Å². The second-order valence-corrected chi connectivity index (χ2v) is 6.25. The van der Waals surface area contributed by atoms with E-state index in [1.165, 1.54) is 6.92 Å². The standard InChI is InChI=1S/C15H24N2O4/c1-10(18)16-9-11-4-6-17(7-5-11)14(19)12-2-3-13(8-12)15(20)21/h11-13H,2-9H2,1H3,(H,16,18)(H,20,21)/t12-,13+/m1/s1. The maximum Gasteiger partial charge on any atom is 0.306 e. The van der Waals surface area contributed by atoms with Crippen molar-refractivity contribution in [2.75, 3.05) is 19.6 Å². The number of amides is 2. The number of carbonyl (C=O) groups excluding carboxylic acids is 2. The number of aliphatic carboxylic acids is 1. The van der Waals surface area contributed by atoms with E-state index in [0.29, 0.717) is 31.7 Å². The maximum absolute atomic E-state index is 12.4. The number of carbonyl (C=O) groups is 3. The number of piperidine rings is 1. The first-order valence-corrected chi connectivity index (χ1v) is 7.73. The van der Waals surface area contributed by atoms with E-state index in [0.717, 1.165) is 25.9 Å². The molecule has 6 nitrogen and oxygen atoms in total. The van der Waals surface area contributed by atoms with Crippen LogP contribution in [0.5, 0.6) is 0 Å². The Labute approximate surface area is 124 Å². The van der Waals surface area contributed by atoms with E-state index < -0.39 is 5.97 Å². The largest absolute Gasteiger partial charge is 0.481 e. The molecule has 0 radical (unpaired) electrons. The molecule has 0 aromatic carbocycles. The van der Waals surface area contributed by atoms with Crippen LogP contribution in [-0.4, -0.2) is 47.4 Å². The molecule has 2 atom stereocenters. The molecule has 0 aromatic heterocycles. The average molecular weight is 296 g/mol. The SMILES string of the molecule is CC(=O)NCC1CCN(C(=O)[C@@H]2CC[C@H](C(=O)O)C2)CC1. The van der Waals surface area contributed by atoms with Crippen LogP contribution in [0.3, 0.4) is 0 Å². The molecule has 118 valence electrons. The fourth-order valence-corrected chi connectivity index (χ4v) is 3.33. The highest BCUT2D eigenvalue weighted by atomic mass is 16.4.